The number of rotatable bonds is 6. The Morgan fingerprint density at radius 3 is 2.73 bits per heavy atom. The van der Waals surface area contributed by atoms with E-state index < -0.39 is 0 Å². The van der Waals surface area contributed by atoms with E-state index in [1.165, 1.54) is 0 Å². The van der Waals surface area contributed by atoms with Gasteiger partial charge >= 0.3 is 0 Å². The van der Waals surface area contributed by atoms with Crippen molar-refractivity contribution in [3.63, 3.8) is 0 Å². The van der Waals surface area contributed by atoms with Crippen LogP contribution in [0.15, 0.2) is 48.5 Å². The van der Waals surface area contributed by atoms with E-state index in [2.05, 4.69) is 10.4 Å². The molecule has 2 amide bonds. The molecule has 0 atom stereocenters. The summed E-state index contributed by atoms with van der Waals surface area (Å²) < 4.78 is 12.1. The molecular formula is C22H24N4O4. The molecule has 30 heavy (non-hydrogen) atoms. The number of hydrogen-bond acceptors (Lipinski definition) is 5. The van der Waals surface area contributed by atoms with E-state index in [0.29, 0.717) is 38.5 Å². The molecule has 2 aromatic carbocycles. The molecule has 4 rings (SSSR count). The van der Waals surface area contributed by atoms with Crippen LogP contribution in [0, 0.1) is 0 Å². The fourth-order valence-electron chi connectivity index (χ4n) is 3.50. The minimum absolute atomic E-state index is 0.0286. The van der Waals surface area contributed by atoms with Gasteiger partial charge in [0.25, 0.3) is 5.91 Å². The molecule has 1 aliphatic rings. The van der Waals surface area contributed by atoms with Crippen LogP contribution in [0.1, 0.15) is 16.1 Å². The number of nitrogens with zero attached hydrogens (tertiary/aromatic N) is 3. The first kappa shape index (κ1) is 19.9. The van der Waals surface area contributed by atoms with Gasteiger partial charge in [0.15, 0.2) is 5.69 Å². The van der Waals surface area contributed by atoms with Crippen molar-refractivity contribution in [2.75, 3.05) is 33.4 Å². The van der Waals surface area contributed by atoms with E-state index in [9.17, 15) is 9.59 Å². The number of methoxy groups -OCH3 is 1. The second-order valence-electron chi connectivity index (χ2n) is 7.06. The third-order valence-electron chi connectivity index (χ3n) is 5.08. The van der Waals surface area contributed by atoms with Gasteiger partial charge in [-0.05, 0) is 23.8 Å². The van der Waals surface area contributed by atoms with Gasteiger partial charge in [-0.2, -0.15) is 5.10 Å². The van der Waals surface area contributed by atoms with Crippen molar-refractivity contribution in [2.24, 2.45) is 0 Å². The number of nitrogens with one attached hydrogen (secondary N) is 1. The van der Waals surface area contributed by atoms with Crippen molar-refractivity contribution in [1.29, 1.82) is 0 Å². The number of carbonyl (C=O) groups is 2. The zero-order valence-corrected chi connectivity index (χ0v) is 16.8. The zero-order chi connectivity index (χ0) is 20.9. The fraction of sp³-hybridized carbons (Fsp3) is 0.318. The number of morpholine rings is 1. The average Bonchev–Trinajstić information content (AvgIpc) is 3.16. The summed E-state index contributed by atoms with van der Waals surface area (Å²) in [6.45, 7) is 2.55. The first-order valence-corrected chi connectivity index (χ1v) is 9.88. The molecule has 1 fully saturated rings. The Morgan fingerprint density at radius 1 is 1.13 bits per heavy atom. The molecular weight excluding hydrogens is 384 g/mol. The third kappa shape index (κ3) is 4.28. The molecule has 0 bridgehead atoms. The van der Waals surface area contributed by atoms with Crippen LogP contribution in [0.5, 0.6) is 5.75 Å². The predicted molar refractivity (Wildman–Crippen MR) is 111 cm³/mol. The summed E-state index contributed by atoms with van der Waals surface area (Å²) in [5, 5.41) is 8.13. The largest absolute Gasteiger partial charge is 0.497 e. The SMILES string of the molecule is COc1cccc(CNC(=O)Cn2nc(C(=O)N3CCOCC3)c3ccccc32)c1. The van der Waals surface area contributed by atoms with Crippen molar-refractivity contribution < 1.29 is 19.1 Å². The highest BCUT2D eigenvalue weighted by Crippen LogP contribution is 2.20. The molecule has 0 spiro atoms. The van der Waals surface area contributed by atoms with Gasteiger partial charge in [0.05, 0.1) is 25.8 Å². The Hall–Kier alpha value is -3.39. The van der Waals surface area contributed by atoms with E-state index >= 15 is 0 Å². The Morgan fingerprint density at radius 2 is 1.93 bits per heavy atom. The quantitative estimate of drug-likeness (QED) is 0.673. The molecule has 0 aliphatic carbocycles. The van der Waals surface area contributed by atoms with E-state index in [4.69, 9.17) is 9.47 Å². The van der Waals surface area contributed by atoms with Crippen LogP contribution >= 0.6 is 0 Å². The number of fused-ring (bicyclic) bond motifs is 1. The predicted octanol–water partition coefficient (Wildman–Crippen LogP) is 1.83. The number of benzene rings is 2. The van der Waals surface area contributed by atoms with Crippen molar-refractivity contribution >= 4 is 22.7 Å². The van der Waals surface area contributed by atoms with Crippen LogP contribution in [-0.4, -0.2) is 59.9 Å². The van der Waals surface area contributed by atoms with Gasteiger partial charge in [0, 0.05) is 25.0 Å². The first-order chi connectivity index (χ1) is 14.7. The van der Waals surface area contributed by atoms with Crippen LogP contribution in [0.2, 0.25) is 0 Å². The molecule has 8 heteroatoms. The molecule has 1 N–H and O–H groups in total. The van der Waals surface area contributed by atoms with E-state index in [0.717, 1.165) is 22.2 Å². The van der Waals surface area contributed by atoms with Crippen LogP contribution in [0.25, 0.3) is 10.9 Å². The van der Waals surface area contributed by atoms with Crippen molar-refractivity contribution in [1.82, 2.24) is 20.0 Å². The molecule has 2 heterocycles. The Balaban J connectivity index is 1.49. The maximum absolute atomic E-state index is 13.0. The average molecular weight is 408 g/mol. The van der Waals surface area contributed by atoms with Crippen LogP contribution in [0.3, 0.4) is 0 Å². The van der Waals surface area contributed by atoms with E-state index in [-0.39, 0.29) is 18.4 Å². The lowest BCUT2D eigenvalue weighted by atomic mass is 10.2. The lowest BCUT2D eigenvalue weighted by molar-refractivity contribution is -0.121. The van der Waals surface area contributed by atoms with Gasteiger partial charge in [-0.3, -0.25) is 14.3 Å². The highest BCUT2D eigenvalue weighted by molar-refractivity contribution is 6.05. The van der Waals surface area contributed by atoms with Gasteiger partial charge in [-0.1, -0.05) is 30.3 Å². The van der Waals surface area contributed by atoms with Crippen LogP contribution in [-0.2, 0) is 22.6 Å². The first-order valence-electron chi connectivity index (χ1n) is 9.88. The second-order valence-corrected chi connectivity index (χ2v) is 7.06. The standard InChI is InChI=1S/C22H24N4O4/c1-29-17-6-4-5-16(13-17)14-23-20(27)15-26-19-8-3-2-7-18(19)21(24-26)22(28)25-9-11-30-12-10-25/h2-8,13H,9-12,14-15H2,1H3,(H,23,27). The lowest BCUT2D eigenvalue weighted by Crippen LogP contribution is -2.41. The minimum atomic E-state index is -0.184. The van der Waals surface area contributed by atoms with Gasteiger partial charge in [0.1, 0.15) is 12.3 Å². The molecule has 1 aromatic heterocycles. The number of amides is 2. The normalized spacial score (nSPS) is 14.0. The summed E-state index contributed by atoms with van der Waals surface area (Å²) in [5.41, 5.74) is 2.06. The lowest BCUT2D eigenvalue weighted by Gasteiger charge is -2.26. The Kier molecular flexibility index (Phi) is 5.94. The molecule has 3 aromatic rings. The van der Waals surface area contributed by atoms with Gasteiger partial charge in [-0.25, -0.2) is 0 Å². The topological polar surface area (TPSA) is 85.7 Å². The number of para-hydroxylation sites is 1. The maximum Gasteiger partial charge on any atom is 0.275 e. The monoisotopic (exact) mass is 408 g/mol. The summed E-state index contributed by atoms with van der Waals surface area (Å²) in [7, 11) is 1.61. The van der Waals surface area contributed by atoms with E-state index in [1.807, 2.05) is 48.5 Å². The molecule has 156 valence electrons. The summed E-state index contributed by atoms with van der Waals surface area (Å²) in [5.74, 6) is 0.424. The minimum Gasteiger partial charge on any atom is -0.497 e. The van der Waals surface area contributed by atoms with Crippen molar-refractivity contribution in [3.05, 3.63) is 59.8 Å². The molecule has 0 saturated carbocycles. The van der Waals surface area contributed by atoms with Crippen molar-refractivity contribution in [2.45, 2.75) is 13.1 Å². The molecule has 1 aliphatic heterocycles. The zero-order valence-electron chi connectivity index (χ0n) is 16.8. The van der Waals surface area contributed by atoms with Gasteiger partial charge < -0.3 is 19.7 Å². The Bertz CT molecular complexity index is 1060. The van der Waals surface area contributed by atoms with E-state index in [1.54, 1.807) is 16.7 Å². The maximum atomic E-state index is 13.0. The number of ether oxygens (including phenoxy) is 2. The van der Waals surface area contributed by atoms with Gasteiger partial charge in [0.2, 0.25) is 5.91 Å². The van der Waals surface area contributed by atoms with Crippen molar-refractivity contribution in [3.8, 4) is 5.75 Å². The number of aromatic nitrogens is 2. The second kappa shape index (κ2) is 8.96. The fourth-order valence-corrected chi connectivity index (χ4v) is 3.50. The number of hydrogen-bond donors (Lipinski definition) is 1. The number of carbonyl (C=O) groups excluding carboxylic acids is 2. The third-order valence-corrected chi connectivity index (χ3v) is 5.08. The summed E-state index contributed by atoms with van der Waals surface area (Å²) >= 11 is 0. The molecule has 0 unspecified atom stereocenters. The highest BCUT2D eigenvalue weighted by atomic mass is 16.5. The Labute approximate surface area is 174 Å². The van der Waals surface area contributed by atoms with Crippen LogP contribution in [0.4, 0.5) is 0 Å². The highest BCUT2D eigenvalue weighted by Gasteiger charge is 2.24. The smallest absolute Gasteiger partial charge is 0.275 e. The summed E-state index contributed by atoms with van der Waals surface area (Å²) in [4.78, 5) is 27.3. The summed E-state index contributed by atoms with van der Waals surface area (Å²) in [6.07, 6.45) is 0. The summed E-state index contributed by atoms with van der Waals surface area (Å²) in [6, 6.07) is 15.0. The van der Waals surface area contributed by atoms with Gasteiger partial charge in [-0.15, -0.1) is 0 Å². The molecule has 1 saturated heterocycles. The molecule has 8 nitrogen and oxygen atoms in total. The van der Waals surface area contributed by atoms with Crippen LogP contribution < -0.4 is 10.1 Å². The molecule has 0 radical (unpaired) electrons.